The van der Waals surface area contributed by atoms with Crippen molar-refractivity contribution in [2.45, 2.75) is 26.7 Å². The van der Waals surface area contributed by atoms with Gasteiger partial charge in [-0.25, -0.2) is 0 Å². The third-order valence-electron chi connectivity index (χ3n) is 4.40. The molecule has 1 N–H and O–H groups in total. The first-order chi connectivity index (χ1) is 11.5. The molecule has 124 valence electrons. The lowest BCUT2D eigenvalue weighted by atomic mass is 10.1. The summed E-state index contributed by atoms with van der Waals surface area (Å²) in [6.45, 7) is 4.94. The number of hydrogen-bond donors (Lipinski definition) is 1. The van der Waals surface area contributed by atoms with E-state index < -0.39 is 0 Å². The maximum atomic E-state index is 12.3. The minimum absolute atomic E-state index is 0.0455. The quantitative estimate of drug-likeness (QED) is 0.941. The van der Waals surface area contributed by atoms with E-state index in [1.807, 2.05) is 18.2 Å². The average Bonchev–Trinajstić information content (AvgIpc) is 2.98. The predicted octanol–water partition coefficient (Wildman–Crippen LogP) is 2.88. The zero-order chi connectivity index (χ0) is 17.1. The number of nitrogens with one attached hydrogen (secondary N) is 1. The van der Waals surface area contributed by atoms with Gasteiger partial charge in [0.15, 0.2) is 0 Å². The molecule has 0 saturated heterocycles. The Labute approximate surface area is 142 Å². The van der Waals surface area contributed by atoms with Crippen LogP contribution in [0.25, 0.3) is 0 Å². The van der Waals surface area contributed by atoms with E-state index in [1.54, 1.807) is 17.9 Å². The molecule has 1 aliphatic heterocycles. The smallest absolute Gasteiger partial charge is 0.251 e. The summed E-state index contributed by atoms with van der Waals surface area (Å²) in [6, 6.07) is 13.9. The molecular formula is C20H22N2O2. The fourth-order valence-electron chi connectivity index (χ4n) is 3.16. The number of benzene rings is 2. The first-order valence-corrected chi connectivity index (χ1v) is 8.29. The van der Waals surface area contributed by atoms with E-state index in [1.165, 1.54) is 11.1 Å². The van der Waals surface area contributed by atoms with Gasteiger partial charge in [0.05, 0.1) is 0 Å². The summed E-state index contributed by atoms with van der Waals surface area (Å²) in [6.07, 6.45) is 1.62. The predicted molar refractivity (Wildman–Crippen MR) is 95.4 cm³/mol. The summed E-state index contributed by atoms with van der Waals surface area (Å²) in [7, 11) is 0. The molecule has 0 bridgehead atoms. The van der Waals surface area contributed by atoms with Gasteiger partial charge in [-0.05, 0) is 49.1 Å². The summed E-state index contributed by atoms with van der Waals surface area (Å²) < 4.78 is 0. The summed E-state index contributed by atoms with van der Waals surface area (Å²) in [4.78, 5) is 25.7. The second kappa shape index (κ2) is 6.87. The van der Waals surface area contributed by atoms with Crippen molar-refractivity contribution in [3.63, 3.8) is 0 Å². The molecule has 1 heterocycles. The Bertz CT molecular complexity index is 783. The normalized spacial score (nSPS) is 12.8. The summed E-state index contributed by atoms with van der Waals surface area (Å²) in [5.74, 6) is -0.0177. The van der Waals surface area contributed by atoms with Crippen LogP contribution in [0.1, 0.15) is 34.0 Å². The van der Waals surface area contributed by atoms with Gasteiger partial charge in [-0.15, -0.1) is 0 Å². The van der Waals surface area contributed by atoms with Gasteiger partial charge in [0.2, 0.25) is 5.91 Å². The summed E-state index contributed by atoms with van der Waals surface area (Å²) >= 11 is 0. The van der Waals surface area contributed by atoms with E-state index in [4.69, 9.17) is 0 Å². The Kier molecular flexibility index (Phi) is 4.65. The topological polar surface area (TPSA) is 49.4 Å². The number of carbonyl (C=O) groups excluding carboxylic acids is 2. The van der Waals surface area contributed by atoms with Crippen LogP contribution in [0.4, 0.5) is 5.69 Å². The van der Waals surface area contributed by atoms with Crippen LogP contribution in [0.2, 0.25) is 0 Å². The fourth-order valence-corrected chi connectivity index (χ4v) is 3.16. The average molecular weight is 322 g/mol. The van der Waals surface area contributed by atoms with Crippen LogP contribution in [0, 0.1) is 6.92 Å². The number of amides is 2. The van der Waals surface area contributed by atoms with Crippen molar-refractivity contribution in [3.8, 4) is 0 Å². The van der Waals surface area contributed by atoms with Crippen molar-refractivity contribution in [1.29, 1.82) is 0 Å². The molecule has 3 rings (SSSR count). The van der Waals surface area contributed by atoms with Gasteiger partial charge >= 0.3 is 0 Å². The standard InChI is InChI=1S/C20H22N2O2/c1-14-4-3-5-16(12-14)8-10-21-20(24)18-6-7-19-17(13-18)9-11-22(19)15(2)23/h3-7,12-13H,8-11H2,1-2H3,(H,21,24). The number of nitrogens with zero attached hydrogens (tertiary/aromatic N) is 1. The van der Waals surface area contributed by atoms with Crippen LogP contribution in [0.15, 0.2) is 42.5 Å². The molecule has 0 saturated carbocycles. The highest BCUT2D eigenvalue weighted by Crippen LogP contribution is 2.28. The van der Waals surface area contributed by atoms with Gasteiger partial charge in [0.1, 0.15) is 0 Å². The number of hydrogen-bond acceptors (Lipinski definition) is 2. The molecule has 4 heteroatoms. The van der Waals surface area contributed by atoms with Crippen LogP contribution in [0.5, 0.6) is 0 Å². The molecule has 4 nitrogen and oxygen atoms in total. The summed E-state index contributed by atoms with van der Waals surface area (Å²) in [5.41, 5.74) is 5.10. The van der Waals surface area contributed by atoms with E-state index in [-0.39, 0.29) is 11.8 Å². The second-order valence-corrected chi connectivity index (χ2v) is 6.26. The third kappa shape index (κ3) is 3.48. The molecule has 0 aliphatic carbocycles. The zero-order valence-electron chi connectivity index (χ0n) is 14.1. The molecule has 0 fully saturated rings. The van der Waals surface area contributed by atoms with Gasteiger partial charge in [0.25, 0.3) is 5.91 Å². The Hall–Kier alpha value is -2.62. The molecule has 2 amide bonds. The lowest BCUT2D eigenvalue weighted by Crippen LogP contribution is -2.26. The lowest BCUT2D eigenvalue weighted by Gasteiger charge is -2.14. The number of carbonyl (C=O) groups is 2. The SMILES string of the molecule is CC(=O)N1CCc2cc(C(=O)NCCc3cccc(C)c3)ccc21. The van der Waals surface area contributed by atoms with Crippen molar-refractivity contribution in [1.82, 2.24) is 5.32 Å². The van der Waals surface area contributed by atoms with E-state index in [9.17, 15) is 9.59 Å². The van der Waals surface area contributed by atoms with Crippen molar-refractivity contribution in [2.75, 3.05) is 18.0 Å². The van der Waals surface area contributed by atoms with Crippen molar-refractivity contribution in [2.24, 2.45) is 0 Å². The lowest BCUT2D eigenvalue weighted by molar-refractivity contribution is -0.116. The zero-order valence-corrected chi connectivity index (χ0v) is 14.1. The molecular weight excluding hydrogens is 300 g/mol. The van der Waals surface area contributed by atoms with Crippen LogP contribution < -0.4 is 10.2 Å². The van der Waals surface area contributed by atoms with Gasteiger partial charge in [-0.3, -0.25) is 9.59 Å². The molecule has 2 aromatic rings. The highest BCUT2D eigenvalue weighted by Gasteiger charge is 2.22. The molecule has 0 spiro atoms. The molecule has 0 unspecified atom stereocenters. The highest BCUT2D eigenvalue weighted by atomic mass is 16.2. The molecule has 0 aromatic heterocycles. The van der Waals surface area contributed by atoms with Crippen LogP contribution in [-0.4, -0.2) is 24.9 Å². The first kappa shape index (κ1) is 16.2. The first-order valence-electron chi connectivity index (χ1n) is 8.29. The molecule has 1 aliphatic rings. The van der Waals surface area contributed by atoms with E-state index in [2.05, 4.69) is 30.4 Å². The Balaban J connectivity index is 1.61. The van der Waals surface area contributed by atoms with E-state index in [0.717, 1.165) is 24.1 Å². The number of fused-ring (bicyclic) bond motifs is 1. The monoisotopic (exact) mass is 322 g/mol. The Morgan fingerprint density at radius 2 is 2.00 bits per heavy atom. The Morgan fingerprint density at radius 3 is 2.75 bits per heavy atom. The van der Waals surface area contributed by atoms with Gasteiger partial charge in [-0.1, -0.05) is 29.8 Å². The number of aryl methyl sites for hydroxylation is 1. The van der Waals surface area contributed by atoms with Gasteiger partial charge < -0.3 is 10.2 Å². The number of anilines is 1. The van der Waals surface area contributed by atoms with Gasteiger partial charge in [-0.2, -0.15) is 0 Å². The van der Waals surface area contributed by atoms with E-state index >= 15 is 0 Å². The van der Waals surface area contributed by atoms with E-state index in [0.29, 0.717) is 18.7 Å². The van der Waals surface area contributed by atoms with Crippen LogP contribution >= 0.6 is 0 Å². The molecule has 0 radical (unpaired) electrons. The minimum Gasteiger partial charge on any atom is -0.352 e. The number of rotatable bonds is 4. The fraction of sp³-hybridized carbons (Fsp3) is 0.300. The second-order valence-electron chi connectivity index (χ2n) is 6.26. The minimum atomic E-state index is -0.0632. The molecule has 2 aromatic carbocycles. The highest BCUT2D eigenvalue weighted by molar-refractivity contribution is 5.97. The largest absolute Gasteiger partial charge is 0.352 e. The summed E-state index contributed by atoms with van der Waals surface area (Å²) in [5, 5.41) is 2.97. The van der Waals surface area contributed by atoms with Crippen LogP contribution in [0.3, 0.4) is 0 Å². The van der Waals surface area contributed by atoms with Crippen LogP contribution in [-0.2, 0) is 17.6 Å². The third-order valence-corrected chi connectivity index (χ3v) is 4.40. The van der Waals surface area contributed by atoms with Crippen molar-refractivity contribution < 1.29 is 9.59 Å². The molecule has 24 heavy (non-hydrogen) atoms. The molecule has 0 atom stereocenters. The van der Waals surface area contributed by atoms with Gasteiger partial charge in [0, 0.05) is 31.3 Å². The van der Waals surface area contributed by atoms with Crippen molar-refractivity contribution >= 4 is 17.5 Å². The maximum Gasteiger partial charge on any atom is 0.251 e. The maximum absolute atomic E-state index is 12.3. The Morgan fingerprint density at radius 1 is 1.17 bits per heavy atom. The van der Waals surface area contributed by atoms with Crippen molar-refractivity contribution in [3.05, 3.63) is 64.7 Å².